The summed E-state index contributed by atoms with van der Waals surface area (Å²) in [5, 5.41) is 4.30. The second-order valence-corrected chi connectivity index (χ2v) is 9.22. The highest BCUT2D eigenvalue weighted by Crippen LogP contribution is 2.49. The summed E-state index contributed by atoms with van der Waals surface area (Å²) in [6.45, 7) is 1.15. The third-order valence-electron chi connectivity index (χ3n) is 4.59. The van der Waals surface area contributed by atoms with Crippen LogP contribution in [0.4, 0.5) is 22.0 Å². The molecule has 3 rings (SSSR count). The van der Waals surface area contributed by atoms with Crippen molar-refractivity contribution in [1.29, 1.82) is 0 Å². The maximum absolute atomic E-state index is 14.6. The quantitative estimate of drug-likeness (QED) is 0.426. The van der Waals surface area contributed by atoms with Crippen molar-refractivity contribution in [1.82, 2.24) is 9.78 Å². The van der Waals surface area contributed by atoms with Crippen LogP contribution < -0.4 is 0 Å². The summed E-state index contributed by atoms with van der Waals surface area (Å²) in [5.41, 5.74) is -1.60. The van der Waals surface area contributed by atoms with Gasteiger partial charge in [-0.05, 0) is 36.8 Å². The summed E-state index contributed by atoms with van der Waals surface area (Å²) >= 11 is 5.84. The topological polar surface area (TPSA) is 52.0 Å². The highest BCUT2D eigenvalue weighted by molar-refractivity contribution is 7.90. The first-order chi connectivity index (χ1) is 14.3. The molecule has 11 heteroatoms. The fraction of sp³-hybridized carbons (Fsp3) is 0.250. The van der Waals surface area contributed by atoms with E-state index in [9.17, 15) is 30.4 Å². The van der Waals surface area contributed by atoms with Gasteiger partial charge >= 0.3 is 12.1 Å². The van der Waals surface area contributed by atoms with E-state index in [0.29, 0.717) is 4.68 Å². The van der Waals surface area contributed by atoms with Gasteiger partial charge in [0, 0.05) is 29.0 Å². The smallest absolute Gasteiger partial charge is 0.262 e. The van der Waals surface area contributed by atoms with Gasteiger partial charge in [-0.15, -0.1) is 0 Å². The van der Waals surface area contributed by atoms with Gasteiger partial charge in [0.2, 0.25) is 0 Å². The molecule has 4 nitrogen and oxygen atoms in total. The number of halogens is 6. The predicted molar refractivity (Wildman–Crippen MR) is 107 cm³/mol. The molecule has 0 bridgehead atoms. The van der Waals surface area contributed by atoms with Crippen LogP contribution in [0.5, 0.6) is 0 Å². The molecule has 0 aliphatic carbocycles. The van der Waals surface area contributed by atoms with Crippen LogP contribution in [-0.2, 0) is 22.3 Å². The third-order valence-corrected chi connectivity index (χ3v) is 5.97. The van der Waals surface area contributed by atoms with Gasteiger partial charge in [0.25, 0.3) is 0 Å². The van der Waals surface area contributed by atoms with Crippen molar-refractivity contribution in [3.63, 3.8) is 0 Å². The maximum Gasteiger partial charge on any atom is 0.459 e. The number of hydrogen-bond acceptors (Lipinski definition) is 3. The second kappa shape index (κ2) is 7.90. The summed E-state index contributed by atoms with van der Waals surface area (Å²) in [5.74, 6) is -5.18. The van der Waals surface area contributed by atoms with Crippen LogP contribution in [0.2, 0.25) is 5.02 Å². The van der Waals surface area contributed by atoms with Gasteiger partial charge in [0.15, 0.2) is 9.84 Å². The fourth-order valence-corrected chi connectivity index (χ4v) is 3.85. The van der Waals surface area contributed by atoms with E-state index in [2.05, 4.69) is 5.10 Å². The monoisotopic (exact) mass is 478 g/mol. The molecule has 31 heavy (non-hydrogen) atoms. The van der Waals surface area contributed by atoms with Gasteiger partial charge < -0.3 is 0 Å². The SMILES string of the molecule is CCn1nc(-c2ccc(S(C)(=O)=O)cc2)c(-c2ccc(Cl)cc2)c1C(F)(F)C(F)(F)F. The molecule has 0 aliphatic heterocycles. The third kappa shape index (κ3) is 4.31. The summed E-state index contributed by atoms with van der Waals surface area (Å²) in [6.07, 6.45) is -4.85. The standard InChI is InChI=1S/C20H16ClF5N2O2S/c1-3-28-18(19(22,23)20(24,25)26)16(12-4-8-14(21)9-5-12)17(27-28)13-6-10-15(11-7-13)31(2,29)30/h4-11H,3H2,1-2H3. The van der Waals surface area contributed by atoms with Crippen molar-refractivity contribution in [3.05, 3.63) is 59.2 Å². The molecule has 0 saturated heterocycles. The molecular weight excluding hydrogens is 463 g/mol. The zero-order valence-electron chi connectivity index (χ0n) is 16.2. The van der Waals surface area contributed by atoms with Crippen molar-refractivity contribution in [2.75, 3.05) is 6.26 Å². The summed E-state index contributed by atoms with van der Waals surface area (Å²) in [6, 6.07) is 10.5. The number of hydrogen-bond donors (Lipinski definition) is 0. The Kier molecular flexibility index (Phi) is 5.92. The van der Waals surface area contributed by atoms with E-state index in [-0.39, 0.29) is 33.3 Å². The van der Waals surface area contributed by atoms with Crippen LogP contribution >= 0.6 is 11.6 Å². The maximum atomic E-state index is 14.6. The Balaban J connectivity index is 2.36. The minimum absolute atomic E-state index is 0.0277. The van der Waals surface area contributed by atoms with Gasteiger partial charge in [-0.1, -0.05) is 35.9 Å². The zero-order valence-corrected chi connectivity index (χ0v) is 17.8. The number of aryl methyl sites for hydroxylation is 1. The molecule has 0 unspecified atom stereocenters. The van der Waals surface area contributed by atoms with E-state index >= 15 is 0 Å². The lowest BCUT2D eigenvalue weighted by atomic mass is 9.96. The van der Waals surface area contributed by atoms with Crippen LogP contribution in [0.3, 0.4) is 0 Å². The average Bonchev–Trinajstić information content (AvgIpc) is 3.07. The molecule has 0 spiro atoms. The number of aromatic nitrogens is 2. The number of sulfone groups is 1. The highest BCUT2D eigenvalue weighted by Gasteiger charge is 2.62. The van der Waals surface area contributed by atoms with E-state index in [4.69, 9.17) is 11.6 Å². The first-order valence-corrected chi connectivity index (χ1v) is 11.2. The number of rotatable bonds is 5. The Morgan fingerprint density at radius 2 is 1.45 bits per heavy atom. The van der Waals surface area contributed by atoms with Gasteiger partial charge in [-0.3, -0.25) is 4.68 Å². The molecular formula is C20H16ClF5N2O2S. The number of benzene rings is 2. The lowest BCUT2D eigenvalue weighted by Crippen LogP contribution is -2.36. The highest BCUT2D eigenvalue weighted by atomic mass is 35.5. The number of alkyl halides is 5. The van der Waals surface area contributed by atoms with Crippen LogP contribution in [0.25, 0.3) is 22.4 Å². The average molecular weight is 479 g/mol. The molecule has 0 saturated carbocycles. The lowest BCUT2D eigenvalue weighted by Gasteiger charge is -2.22. The van der Waals surface area contributed by atoms with Crippen LogP contribution in [0.1, 0.15) is 12.6 Å². The molecule has 0 fully saturated rings. The molecule has 0 amide bonds. The molecule has 3 aromatic rings. The molecule has 166 valence electrons. The van der Waals surface area contributed by atoms with Gasteiger partial charge in [0.1, 0.15) is 11.4 Å². The van der Waals surface area contributed by atoms with Crippen LogP contribution in [-0.4, -0.2) is 30.6 Å². The Bertz CT molecular complexity index is 1200. The minimum atomic E-state index is -5.85. The first-order valence-electron chi connectivity index (χ1n) is 8.89. The zero-order chi connectivity index (χ0) is 23.2. The normalized spacial score (nSPS) is 12.9. The fourth-order valence-electron chi connectivity index (χ4n) is 3.10. The lowest BCUT2D eigenvalue weighted by molar-refractivity contribution is -0.291. The van der Waals surface area contributed by atoms with Gasteiger partial charge in [-0.2, -0.15) is 27.1 Å². The van der Waals surface area contributed by atoms with Crippen molar-refractivity contribution in [3.8, 4) is 22.4 Å². The molecule has 0 radical (unpaired) electrons. The summed E-state index contributed by atoms with van der Waals surface area (Å²) < 4.78 is 93.1. The predicted octanol–water partition coefficient (Wildman–Crippen LogP) is 5.95. The van der Waals surface area contributed by atoms with Crippen molar-refractivity contribution in [2.45, 2.75) is 30.5 Å². The van der Waals surface area contributed by atoms with E-state index in [1.807, 2.05) is 0 Å². The van der Waals surface area contributed by atoms with Gasteiger partial charge in [0.05, 0.1) is 4.90 Å². The van der Waals surface area contributed by atoms with Crippen molar-refractivity contribution < 1.29 is 30.4 Å². The van der Waals surface area contributed by atoms with Crippen LogP contribution in [0.15, 0.2) is 53.4 Å². The molecule has 1 heterocycles. The molecule has 0 N–H and O–H groups in total. The van der Waals surface area contributed by atoms with Crippen LogP contribution in [0, 0.1) is 0 Å². The van der Waals surface area contributed by atoms with E-state index in [1.165, 1.54) is 55.5 Å². The molecule has 0 aliphatic rings. The van der Waals surface area contributed by atoms with E-state index < -0.39 is 33.2 Å². The van der Waals surface area contributed by atoms with E-state index in [0.717, 1.165) is 6.26 Å². The van der Waals surface area contributed by atoms with Crippen molar-refractivity contribution in [2.24, 2.45) is 0 Å². The summed E-state index contributed by atoms with van der Waals surface area (Å²) in [7, 11) is -3.53. The van der Waals surface area contributed by atoms with Gasteiger partial charge in [-0.25, -0.2) is 8.42 Å². The molecule has 1 aromatic heterocycles. The molecule has 0 atom stereocenters. The Hall–Kier alpha value is -2.46. The largest absolute Gasteiger partial charge is 0.459 e. The first kappa shape index (κ1) is 23.2. The Labute approximate surface area is 180 Å². The summed E-state index contributed by atoms with van der Waals surface area (Å²) in [4.78, 5) is -0.0277. The second-order valence-electron chi connectivity index (χ2n) is 6.76. The molecule has 2 aromatic carbocycles. The van der Waals surface area contributed by atoms with E-state index in [1.54, 1.807) is 0 Å². The minimum Gasteiger partial charge on any atom is -0.262 e. The Morgan fingerprint density at radius 1 is 0.935 bits per heavy atom. The Morgan fingerprint density at radius 3 is 1.90 bits per heavy atom. The number of nitrogens with zero attached hydrogens (tertiary/aromatic N) is 2. The van der Waals surface area contributed by atoms with Crippen molar-refractivity contribution >= 4 is 21.4 Å².